The minimum atomic E-state index is -6.72. The molecule has 0 aromatic heterocycles. The van der Waals surface area contributed by atoms with E-state index >= 15 is 0 Å². The van der Waals surface area contributed by atoms with Crippen LogP contribution in [0.2, 0.25) is 0 Å². The number of alkyl halides is 6. The van der Waals surface area contributed by atoms with Crippen LogP contribution in [0.25, 0.3) is 4.13 Å². The topological polar surface area (TPSA) is 86.8 Å². The fourth-order valence-corrected chi connectivity index (χ4v) is 2.79. The zero-order valence-corrected chi connectivity index (χ0v) is 14.3. The van der Waals surface area contributed by atoms with Gasteiger partial charge in [-0.1, -0.05) is 19.7 Å². The van der Waals surface area contributed by atoms with E-state index in [0.717, 1.165) is 23.8 Å². The van der Waals surface area contributed by atoms with Gasteiger partial charge in [0, 0.05) is 0 Å². The first kappa shape index (κ1) is 25.9. The zero-order valence-electron chi connectivity index (χ0n) is 12.6. The van der Waals surface area contributed by atoms with Crippen LogP contribution in [0.5, 0.6) is 0 Å². The van der Waals surface area contributed by atoms with Crippen LogP contribution in [-0.4, -0.2) is 47.5 Å². The minimum Gasteiger partial charge on any atom is -0.421 e. The lowest BCUT2D eigenvalue weighted by atomic mass is 10.4. The average Bonchev–Trinajstić information content (AvgIpc) is 2.36. The molecule has 0 heterocycles. The molecule has 1 N–H and O–H groups in total. The van der Waals surface area contributed by atoms with E-state index in [-0.39, 0.29) is 0 Å². The Labute approximate surface area is 141 Å². The van der Waals surface area contributed by atoms with Crippen LogP contribution in [0, 0.1) is 0 Å². The maximum absolute atomic E-state index is 11.4. The van der Waals surface area contributed by atoms with E-state index in [2.05, 4.69) is 19.7 Å². The van der Waals surface area contributed by atoms with E-state index in [1.54, 1.807) is 0 Å². The first-order chi connectivity index (χ1) is 11.1. The second kappa shape index (κ2) is 9.94. The maximum atomic E-state index is 11.4. The second-order valence-corrected chi connectivity index (χ2v) is 7.57. The first-order valence-corrected chi connectivity index (χ1v) is 8.96. The fourth-order valence-electron chi connectivity index (χ4n) is 1.08. The third kappa shape index (κ3) is 9.62. The number of quaternary nitrogens is 1. The monoisotopic (exact) mass is 418 g/mol. The van der Waals surface area contributed by atoms with Gasteiger partial charge >= 0.3 is 11.0 Å². The molecular weight excluding hydrogens is 402 g/mol. The molecule has 14 heteroatoms. The third-order valence-corrected chi connectivity index (χ3v) is 4.82. The summed E-state index contributed by atoms with van der Waals surface area (Å²) in [6.45, 7) is 14.0. The molecule has 0 aromatic rings. The Morgan fingerprint density at radius 1 is 0.720 bits per heavy atom. The highest BCUT2D eigenvalue weighted by Crippen LogP contribution is 2.36. The van der Waals surface area contributed by atoms with Gasteiger partial charge in [0.25, 0.3) is 0 Å². The summed E-state index contributed by atoms with van der Waals surface area (Å²) in [6, 6.07) is 0. The summed E-state index contributed by atoms with van der Waals surface area (Å²) >= 11 is 0. The lowest BCUT2D eigenvalue weighted by Gasteiger charge is -2.22. The van der Waals surface area contributed by atoms with E-state index in [9.17, 15) is 43.2 Å². The van der Waals surface area contributed by atoms with Gasteiger partial charge in [-0.05, 0) is 18.2 Å². The molecule has 148 valence electrons. The predicted octanol–water partition coefficient (Wildman–Crippen LogP) is 1.49. The van der Waals surface area contributed by atoms with Crippen molar-refractivity contribution in [2.24, 2.45) is 0 Å². The lowest BCUT2D eigenvalue weighted by Crippen LogP contribution is -3.11. The van der Waals surface area contributed by atoms with E-state index in [1.165, 1.54) is 4.90 Å². The Morgan fingerprint density at radius 3 is 1.12 bits per heavy atom. The van der Waals surface area contributed by atoms with Crippen molar-refractivity contribution in [3.8, 4) is 0 Å². The van der Waals surface area contributed by atoms with Crippen LogP contribution in [0.1, 0.15) is 0 Å². The van der Waals surface area contributed by atoms with Crippen molar-refractivity contribution >= 4 is 20.0 Å². The van der Waals surface area contributed by atoms with Gasteiger partial charge < -0.3 is 9.03 Å². The van der Waals surface area contributed by atoms with Crippen LogP contribution in [-0.2, 0) is 20.0 Å². The summed E-state index contributed by atoms with van der Waals surface area (Å²) < 4.78 is 109. The predicted molar refractivity (Wildman–Crippen MR) is 79.5 cm³/mol. The quantitative estimate of drug-likeness (QED) is 0.478. The number of sulfonamides is 2. The van der Waals surface area contributed by atoms with E-state index in [0.29, 0.717) is 0 Å². The molecule has 0 aromatic carbocycles. The molecule has 0 unspecified atom stereocenters. The molecule has 0 rings (SSSR count). The molecule has 0 spiro atoms. The molecule has 0 atom stereocenters. The molecule has 25 heavy (non-hydrogen) atoms. The van der Waals surface area contributed by atoms with Gasteiger partial charge in [0.15, 0.2) is 20.0 Å². The molecule has 6 nitrogen and oxygen atoms in total. The van der Waals surface area contributed by atoms with Crippen LogP contribution in [0.4, 0.5) is 26.3 Å². The zero-order chi connectivity index (χ0) is 20.5. The minimum absolute atomic E-state index is 0.778. The SMILES string of the molecule is C=CC[NH+](CC=C)CC=C.O=S(=O)([N-]S(=O)(=O)C(F)(F)F)C(F)(F)F. The third-order valence-electron chi connectivity index (χ3n) is 2.08. The number of hydrogen-bond acceptors (Lipinski definition) is 4. The molecule has 0 radical (unpaired) electrons. The number of rotatable bonds is 8. The van der Waals surface area contributed by atoms with Crippen LogP contribution < -0.4 is 4.90 Å². The van der Waals surface area contributed by atoms with Gasteiger partial charge in [-0.25, -0.2) is 16.8 Å². The summed E-state index contributed by atoms with van der Waals surface area (Å²) in [5.74, 6) is 0. The van der Waals surface area contributed by atoms with Crippen molar-refractivity contribution in [2.75, 3.05) is 19.6 Å². The number of nitrogens with zero attached hydrogens (tertiary/aromatic N) is 1. The summed E-state index contributed by atoms with van der Waals surface area (Å²) in [7, 11) is -13.4. The molecule has 0 saturated carbocycles. The highest BCUT2D eigenvalue weighted by Gasteiger charge is 2.46. The fraction of sp³-hybridized carbons (Fsp3) is 0.455. The van der Waals surface area contributed by atoms with Crippen molar-refractivity contribution in [1.82, 2.24) is 0 Å². The average molecular weight is 418 g/mol. The van der Waals surface area contributed by atoms with Crippen LogP contribution >= 0.6 is 0 Å². The van der Waals surface area contributed by atoms with E-state index in [1.807, 2.05) is 18.2 Å². The first-order valence-electron chi connectivity index (χ1n) is 6.08. The van der Waals surface area contributed by atoms with Crippen LogP contribution in [0.15, 0.2) is 38.0 Å². The van der Waals surface area contributed by atoms with Gasteiger partial charge in [-0.15, -0.1) is 0 Å². The van der Waals surface area contributed by atoms with Gasteiger partial charge in [0.1, 0.15) is 0 Å². The van der Waals surface area contributed by atoms with Gasteiger partial charge in [0.05, 0.1) is 19.6 Å². The largest absolute Gasteiger partial charge is 0.480 e. The maximum Gasteiger partial charge on any atom is 0.480 e. The highest BCUT2D eigenvalue weighted by molar-refractivity contribution is 8.13. The van der Waals surface area contributed by atoms with E-state index in [4.69, 9.17) is 0 Å². The van der Waals surface area contributed by atoms with Crippen molar-refractivity contribution < 1.29 is 48.1 Å². The highest BCUT2D eigenvalue weighted by atomic mass is 32.3. The summed E-state index contributed by atoms with van der Waals surface area (Å²) in [5, 5.41) is 0. The summed E-state index contributed by atoms with van der Waals surface area (Å²) in [6.07, 6.45) is 5.76. The van der Waals surface area contributed by atoms with Crippen molar-refractivity contribution in [3.63, 3.8) is 0 Å². The molecule has 0 amide bonds. The Balaban J connectivity index is 0. The summed E-state index contributed by atoms with van der Waals surface area (Å²) in [4.78, 5) is 1.43. The van der Waals surface area contributed by atoms with Gasteiger partial charge in [-0.2, -0.15) is 26.3 Å². The standard InChI is InChI=1S/C9H15N.C2F6NO4S2/c1-4-7-10(8-5-2)9-6-3;3-1(4,5)14(10,11)9-15(12,13)2(6,7)8/h4-6H,1-3,7-9H2;/q;-1/p+1. The Bertz CT molecular complexity index is 587. The molecular formula is C11H16F6N2O4S2. The van der Waals surface area contributed by atoms with Crippen LogP contribution in [0.3, 0.4) is 0 Å². The molecule has 0 bridgehead atoms. The molecule has 0 aliphatic rings. The molecule has 0 aliphatic carbocycles. The smallest absolute Gasteiger partial charge is 0.421 e. The van der Waals surface area contributed by atoms with Gasteiger partial charge in [-0.3, -0.25) is 0 Å². The lowest BCUT2D eigenvalue weighted by molar-refractivity contribution is -0.881. The molecule has 0 fully saturated rings. The van der Waals surface area contributed by atoms with Crippen molar-refractivity contribution in [2.45, 2.75) is 11.0 Å². The number of halogens is 6. The number of nitrogens with one attached hydrogen (secondary N) is 1. The Hall–Kier alpha value is -1.38. The molecule has 0 saturated heterocycles. The summed E-state index contributed by atoms with van der Waals surface area (Å²) in [5.41, 5.74) is -12.4. The Morgan fingerprint density at radius 2 is 0.960 bits per heavy atom. The number of hydrogen-bond donors (Lipinski definition) is 1. The normalized spacial score (nSPS) is 12.9. The second-order valence-electron chi connectivity index (χ2n) is 4.14. The van der Waals surface area contributed by atoms with E-state index < -0.39 is 31.1 Å². The van der Waals surface area contributed by atoms with Crippen molar-refractivity contribution in [1.29, 1.82) is 0 Å². The van der Waals surface area contributed by atoms with Gasteiger partial charge in [0.2, 0.25) is 0 Å². The Kier molecular flexibility index (Phi) is 10.3. The van der Waals surface area contributed by atoms with Crippen molar-refractivity contribution in [3.05, 3.63) is 42.1 Å². The molecule has 0 aliphatic heterocycles.